The maximum absolute atomic E-state index is 12.9. The van der Waals surface area contributed by atoms with E-state index in [4.69, 9.17) is 5.73 Å². The van der Waals surface area contributed by atoms with E-state index in [1.165, 1.54) is 18.3 Å². The lowest BCUT2D eigenvalue weighted by Gasteiger charge is -2.05. The van der Waals surface area contributed by atoms with Gasteiger partial charge in [-0.1, -0.05) is 12.1 Å². The molecule has 18 heavy (non-hydrogen) atoms. The molecule has 1 heterocycles. The molecule has 3 N–H and O–H groups in total. The van der Waals surface area contributed by atoms with Crippen molar-refractivity contribution in [3.05, 3.63) is 54.0 Å². The number of nitrogens with two attached hydrogens (primary N) is 1. The fourth-order valence-electron chi connectivity index (χ4n) is 1.53. The molecule has 0 spiro atoms. The minimum absolute atomic E-state index is 0.0915. The van der Waals surface area contributed by atoms with Crippen LogP contribution in [0.2, 0.25) is 0 Å². The Morgan fingerprint density at radius 1 is 1.33 bits per heavy atom. The molecule has 2 aromatic rings. The van der Waals surface area contributed by atoms with Crippen molar-refractivity contribution in [1.82, 2.24) is 4.98 Å². The summed E-state index contributed by atoms with van der Waals surface area (Å²) in [6.45, 7) is 0. The molecule has 0 unspecified atom stereocenters. The standard InChI is InChI=1S/C13H12FN3O/c14-10-3-1-2-9(6-10)7-13(18)17-12-8-11(15)4-5-16-12/h1-6,8H,7H2,(H3,15,16,17,18). The highest BCUT2D eigenvalue weighted by atomic mass is 19.1. The molecule has 5 heteroatoms. The van der Waals surface area contributed by atoms with E-state index in [1.807, 2.05) is 0 Å². The van der Waals surface area contributed by atoms with Crippen molar-refractivity contribution in [2.75, 3.05) is 11.1 Å². The number of nitrogen functional groups attached to an aromatic ring is 1. The topological polar surface area (TPSA) is 68.0 Å². The predicted octanol–water partition coefficient (Wildman–Crippen LogP) is 1.98. The van der Waals surface area contributed by atoms with Crippen LogP contribution >= 0.6 is 0 Å². The number of amides is 1. The fourth-order valence-corrected chi connectivity index (χ4v) is 1.53. The number of nitrogens with zero attached hydrogens (tertiary/aromatic N) is 1. The maximum atomic E-state index is 12.9. The molecule has 0 saturated carbocycles. The van der Waals surface area contributed by atoms with Crippen LogP contribution in [0.5, 0.6) is 0 Å². The van der Waals surface area contributed by atoms with Gasteiger partial charge in [0.2, 0.25) is 5.91 Å². The van der Waals surface area contributed by atoms with Crippen LogP contribution in [0, 0.1) is 5.82 Å². The van der Waals surface area contributed by atoms with Crippen molar-refractivity contribution < 1.29 is 9.18 Å². The van der Waals surface area contributed by atoms with Crippen molar-refractivity contribution in [3.8, 4) is 0 Å². The molecule has 4 nitrogen and oxygen atoms in total. The molecule has 1 aromatic heterocycles. The summed E-state index contributed by atoms with van der Waals surface area (Å²) in [5, 5.41) is 2.60. The normalized spacial score (nSPS) is 10.1. The van der Waals surface area contributed by atoms with Crippen LogP contribution in [0.3, 0.4) is 0 Å². The quantitative estimate of drug-likeness (QED) is 0.868. The van der Waals surface area contributed by atoms with Gasteiger partial charge >= 0.3 is 0 Å². The molecule has 0 atom stereocenters. The van der Waals surface area contributed by atoms with Crippen molar-refractivity contribution in [2.24, 2.45) is 0 Å². The molecule has 0 bridgehead atoms. The summed E-state index contributed by atoms with van der Waals surface area (Å²) in [4.78, 5) is 15.6. The van der Waals surface area contributed by atoms with Crippen molar-refractivity contribution in [2.45, 2.75) is 6.42 Å². The van der Waals surface area contributed by atoms with E-state index in [-0.39, 0.29) is 18.1 Å². The first-order valence-corrected chi connectivity index (χ1v) is 5.39. The zero-order chi connectivity index (χ0) is 13.0. The Kier molecular flexibility index (Phi) is 3.52. The summed E-state index contributed by atoms with van der Waals surface area (Å²) >= 11 is 0. The Morgan fingerprint density at radius 2 is 2.17 bits per heavy atom. The number of carbonyl (C=O) groups excluding carboxylic acids is 1. The third-order valence-electron chi connectivity index (χ3n) is 2.31. The van der Waals surface area contributed by atoms with Gasteiger partial charge in [0.1, 0.15) is 11.6 Å². The summed E-state index contributed by atoms with van der Waals surface area (Å²) in [6.07, 6.45) is 1.60. The molecule has 0 aliphatic carbocycles. The zero-order valence-electron chi connectivity index (χ0n) is 9.56. The number of pyridine rings is 1. The van der Waals surface area contributed by atoms with Crippen LogP contribution in [0.15, 0.2) is 42.6 Å². The third kappa shape index (κ3) is 3.28. The number of hydrogen-bond donors (Lipinski definition) is 2. The van der Waals surface area contributed by atoms with Gasteiger partial charge in [0.25, 0.3) is 0 Å². The average Bonchev–Trinajstić information content (AvgIpc) is 2.28. The third-order valence-corrected chi connectivity index (χ3v) is 2.31. The Bertz CT molecular complexity index is 522. The molecule has 0 fully saturated rings. The van der Waals surface area contributed by atoms with Gasteiger partial charge in [0, 0.05) is 18.0 Å². The van der Waals surface area contributed by atoms with E-state index >= 15 is 0 Å². The first-order chi connectivity index (χ1) is 8.63. The van der Waals surface area contributed by atoms with Gasteiger partial charge < -0.3 is 11.1 Å². The zero-order valence-corrected chi connectivity index (χ0v) is 9.56. The number of hydrogen-bond acceptors (Lipinski definition) is 3. The molecule has 2 rings (SSSR count). The van der Waals surface area contributed by atoms with Gasteiger partial charge in [-0.2, -0.15) is 0 Å². The fraction of sp³-hybridized carbons (Fsp3) is 0.0769. The van der Waals surface area contributed by atoms with Crippen LogP contribution < -0.4 is 11.1 Å². The highest BCUT2D eigenvalue weighted by molar-refractivity contribution is 5.91. The number of nitrogens with one attached hydrogen (secondary N) is 1. The number of rotatable bonds is 3. The highest BCUT2D eigenvalue weighted by Gasteiger charge is 2.05. The van der Waals surface area contributed by atoms with E-state index in [2.05, 4.69) is 10.3 Å². The molecule has 0 aliphatic heterocycles. The lowest BCUT2D eigenvalue weighted by molar-refractivity contribution is -0.115. The lowest BCUT2D eigenvalue weighted by atomic mass is 10.1. The highest BCUT2D eigenvalue weighted by Crippen LogP contribution is 2.09. The molecular formula is C13H12FN3O. The molecule has 92 valence electrons. The first kappa shape index (κ1) is 12.0. The van der Waals surface area contributed by atoms with Gasteiger partial charge in [-0.3, -0.25) is 4.79 Å². The minimum atomic E-state index is -0.359. The van der Waals surface area contributed by atoms with Crippen LogP contribution in [0.4, 0.5) is 15.9 Å². The van der Waals surface area contributed by atoms with E-state index in [0.29, 0.717) is 17.1 Å². The molecule has 1 aromatic carbocycles. The molecule has 0 aliphatic rings. The molecule has 1 amide bonds. The Hall–Kier alpha value is -2.43. The van der Waals surface area contributed by atoms with Gasteiger partial charge in [-0.25, -0.2) is 9.37 Å². The van der Waals surface area contributed by atoms with Crippen LogP contribution in [0.25, 0.3) is 0 Å². The van der Waals surface area contributed by atoms with Gasteiger partial charge in [-0.15, -0.1) is 0 Å². The van der Waals surface area contributed by atoms with E-state index in [1.54, 1.807) is 24.3 Å². The summed E-state index contributed by atoms with van der Waals surface area (Å²) in [7, 11) is 0. The number of halogens is 1. The number of carbonyl (C=O) groups is 1. The Morgan fingerprint density at radius 3 is 2.89 bits per heavy atom. The predicted molar refractivity (Wildman–Crippen MR) is 67.4 cm³/mol. The molecule has 0 radical (unpaired) electrons. The SMILES string of the molecule is Nc1ccnc(NC(=O)Cc2cccc(F)c2)c1. The number of anilines is 2. The average molecular weight is 245 g/mol. The number of benzene rings is 1. The Balaban J connectivity index is 2.01. The van der Waals surface area contributed by atoms with Crippen molar-refractivity contribution in [3.63, 3.8) is 0 Å². The summed E-state index contributed by atoms with van der Waals surface area (Å²) in [5.41, 5.74) is 6.69. The lowest BCUT2D eigenvalue weighted by Crippen LogP contribution is -2.15. The van der Waals surface area contributed by atoms with Crippen LogP contribution in [-0.4, -0.2) is 10.9 Å². The van der Waals surface area contributed by atoms with Gasteiger partial charge in [0.15, 0.2) is 0 Å². The smallest absolute Gasteiger partial charge is 0.229 e. The maximum Gasteiger partial charge on any atom is 0.229 e. The first-order valence-electron chi connectivity index (χ1n) is 5.39. The minimum Gasteiger partial charge on any atom is -0.399 e. The van der Waals surface area contributed by atoms with Gasteiger partial charge in [0.05, 0.1) is 6.42 Å². The van der Waals surface area contributed by atoms with Crippen LogP contribution in [0.1, 0.15) is 5.56 Å². The molecule has 0 saturated heterocycles. The van der Waals surface area contributed by atoms with E-state index in [9.17, 15) is 9.18 Å². The van der Waals surface area contributed by atoms with Crippen molar-refractivity contribution in [1.29, 1.82) is 0 Å². The Labute approximate surface area is 104 Å². The van der Waals surface area contributed by atoms with E-state index in [0.717, 1.165) is 0 Å². The second-order valence-corrected chi connectivity index (χ2v) is 3.83. The van der Waals surface area contributed by atoms with Crippen LogP contribution in [-0.2, 0) is 11.2 Å². The summed E-state index contributed by atoms with van der Waals surface area (Å²) in [5.74, 6) is -0.238. The summed E-state index contributed by atoms with van der Waals surface area (Å²) < 4.78 is 12.9. The second-order valence-electron chi connectivity index (χ2n) is 3.83. The number of aromatic nitrogens is 1. The van der Waals surface area contributed by atoms with Crippen molar-refractivity contribution >= 4 is 17.4 Å². The summed E-state index contributed by atoms with van der Waals surface area (Å²) in [6, 6.07) is 9.10. The van der Waals surface area contributed by atoms with Gasteiger partial charge in [-0.05, 0) is 23.8 Å². The van der Waals surface area contributed by atoms with E-state index < -0.39 is 0 Å². The largest absolute Gasteiger partial charge is 0.399 e. The monoisotopic (exact) mass is 245 g/mol. The molecular weight excluding hydrogens is 233 g/mol. The second kappa shape index (κ2) is 5.27.